The third-order valence-electron chi connectivity index (χ3n) is 5.73. The molecule has 0 aromatic carbocycles. The molecular formula is C22H24N6O2. The summed E-state index contributed by atoms with van der Waals surface area (Å²) in [5, 5.41) is 0.781. The Balaban J connectivity index is 1.52. The van der Waals surface area contributed by atoms with Crippen LogP contribution in [0.4, 0.5) is 5.82 Å². The molecule has 154 valence electrons. The summed E-state index contributed by atoms with van der Waals surface area (Å²) in [7, 11) is 0. The van der Waals surface area contributed by atoms with E-state index in [1.54, 1.807) is 0 Å². The molecule has 4 aromatic rings. The van der Waals surface area contributed by atoms with Gasteiger partial charge < -0.3 is 18.6 Å². The van der Waals surface area contributed by atoms with Gasteiger partial charge >= 0.3 is 5.63 Å². The smallest absolute Gasteiger partial charge is 0.347 e. The summed E-state index contributed by atoms with van der Waals surface area (Å²) in [5.74, 6) is 0.846. The lowest BCUT2D eigenvalue weighted by atomic mass is 10.2. The predicted octanol–water partition coefficient (Wildman–Crippen LogP) is 2.66. The third-order valence-corrected chi connectivity index (χ3v) is 5.73. The lowest BCUT2D eigenvalue weighted by molar-refractivity contribution is 0.270. The number of fused-ring (bicyclic) bond motifs is 2. The van der Waals surface area contributed by atoms with Crippen LogP contribution in [0.3, 0.4) is 0 Å². The number of aryl methyl sites for hydroxylation is 2. The van der Waals surface area contributed by atoms with Gasteiger partial charge in [-0.1, -0.05) is 6.92 Å². The first kappa shape index (κ1) is 18.7. The molecule has 8 nitrogen and oxygen atoms in total. The van der Waals surface area contributed by atoms with E-state index >= 15 is 0 Å². The molecule has 0 unspecified atom stereocenters. The van der Waals surface area contributed by atoms with Gasteiger partial charge in [-0.15, -0.1) is 0 Å². The van der Waals surface area contributed by atoms with E-state index in [1.807, 2.05) is 48.8 Å². The second kappa shape index (κ2) is 7.21. The minimum Gasteiger partial charge on any atom is -0.403 e. The Kier molecular flexibility index (Phi) is 4.51. The fourth-order valence-electron chi connectivity index (χ4n) is 4.07. The van der Waals surface area contributed by atoms with Gasteiger partial charge in [0.25, 0.3) is 0 Å². The summed E-state index contributed by atoms with van der Waals surface area (Å²) in [6.45, 7) is 11.0. The first-order chi connectivity index (χ1) is 14.5. The minimum absolute atomic E-state index is 0.358. The van der Waals surface area contributed by atoms with E-state index in [1.165, 1.54) is 0 Å². The second-order valence-electron chi connectivity index (χ2n) is 7.76. The number of aromatic nitrogens is 4. The first-order valence-electron chi connectivity index (χ1n) is 10.3. The Hall–Kier alpha value is -3.26. The van der Waals surface area contributed by atoms with E-state index in [2.05, 4.69) is 31.7 Å². The lowest BCUT2D eigenvalue weighted by Gasteiger charge is -2.34. The van der Waals surface area contributed by atoms with E-state index in [0.717, 1.165) is 61.0 Å². The van der Waals surface area contributed by atoms with Gasteiger partial charge in [0, 0.05) is 44.0 Å². The average molecular weight is 404 g/mol. The van der Waals surface area contributed by atoms with E-state index in [9.17, 15) is 4.79 Å². The monoisotopic (exact) mass is 404 g/mol. The fraction of sp³-hybridized carbons (Fsp3) is 0.364. The molecule has 30 heavy (non-hydrogen) atoms. The Morgan fingerprint density at radius 1 is 1.03 bits per heavy atom. The Bertz CT molecular complexity index is 1300. The number of pyridine rings is 1. The summed E-state index contributed by atoms with van der Waals surface area (Å²) in [4.78, 5) is 31.1. The van der Waals surface area contributed by atoms with Crippen LogP contribution in [0.1, 0.15) is 18.3 Å². The van der Waals surface area contributed by atoms with Gasteiger partial charge in [0.05, 0.1) is 22.6 Å². The van der Waals surface area contributed by atoms with Crippen molar-refractivity contribution >= 4 is 22.6 Å². The number of likely N-dealkylation sites (N-methyl/N-ethyl adjacent to an activating group) is 1. The van der Waals surface area contributed by atoms with E-state index < -0.39 is 5.63 Å². The van der Waals surface area contributed by atoms with Gasteiger partial charge in [-0.05, 0) is 38.6 Å². The van der Waals surface area contributed by atoms with E-state index in [0.29, 0.717) is 17.0 Å². The van der Waals surface area contributed by atoms with Crippen LogP contribution >= 0.6 is 0 Å². The minimum atomic E-state index is -0.436. The Labute approximate surface area is 173 Å². The molecule has 0 spiro atoms. The zero-order valence-electron chi connectivity index (χ0n) is 17.4. The van der Waals surface area contributed by atoms with E-state index in [4.69, 9.17) is 4.42 Å². The van der Waals surface area contributed by atoms with E-state index in [-0.39, 0.29) is 0 Å². The van der Waals surface area contributed by atoms with Crippen molar-refractivity contribution in [1.82, 2.24) is 24.3 Å². The van der Waals surface area contributed by atoms with Gasteiger partial charge in [-0.25, -0.2) is 9.78 Å². The quantitative estimate of drug-likeness (QED) is 0.519. The van der Waals surface area contributed by atoms with Gasteiger partial charge in [-0.2, -0.15) is 4.98 Å². The molecule has 4 aromatic heterocycles. The molecule has 0 N–H and O–H groups in total. The SMILES string of the molecule is CCN1CCN(c2ccc3cc(-c4cn5cc(C)nc(C)c5n4)c(=O)oc3n2)CC1. The number of imidazole rings is 1. The van der Waals surface area contributed by atoms with Crippen LogP contribution in [0.25, 0.3) is 28.0 Å². The average Bonchev–Trinajstić information content (AvgIpc) is 3.17. The van der Waals surface area contributed by atoms with Crippen molar-refractivity contribution in [3.05, 3.63) is 52.4 Å². The molecule has 0 radical (unpaired) electrons. The highest BCUT2D eigenvalue weighted by molar-refractivity contribution is 5.80. The molecule has 0 aliphatic carbocycles. The molecular weight excluding hydrogens is 380 g/mol. The molecule has 0 amide bonds. The first-order valence-corrected chi connectivity index (χ1v) is 10.3. The summed E-state index contributed by atoms with van der Waals surface area (Å²) in [6, 6.07) is 5.77. The van der Waals surface area contributed by atoms with Crippen molar-refractivity contribution in [3.63, 3.8) is 0 Å². The molecule has 8 heteroatoms. The molecule has 1 fully saturated rings. The summed E-state index contributed by atoms with van der Waals surface area (Å²) < 4.78 is 7.50. The maximum Gasteiger partial charge on any atom is 0.347 e. The number of piperazine rings is 1. The Morgan fingerprint density at radius 3 is 2.60 bits per heavy atom. The highest BCUT2D eigenvalue weighted by Crippen LogP contribution is 2.23. The van der Waals surface area contributed by atoms with Crippen molar-refractivity contribution in [2.45, 2.75) is 20.8 Å². The molecule has 5 rings (SSSR count). The van der Waals surface area contributed by atoms with Crippen LogP contribution in [0.15, 0.2) is 39.8 Å². The largest absolute Gasteiger partial charge is 0.403 e. The molecule has 1 aliphatic heterocycles. The van der Waals surface area contributed by atoms with Gasteiger partial charge in [0.1, 0.15) is 5.82 Å². The number of hydrogen-bond acceptors (Lipinski definition) is 7. The summed E-state index contributed by atoms with van der Waals surface area (Å²) >= 11 is 0. The van der Waals surface area contributed by atoms with Crippen molar-refractivity contribution in [2.24, 2.45) is 0 Å². The third kappa shape index (κ3) is 3.23. The van der Waals surface area contributed by atoms with Crippen LogP contribution in [0.5, 0.6) is 0 Å². The van der Waals surface area contributed by atoms with Crippen LogP contribution in [0, 0.1) is 13.8 Å². The molecule has 5 heterocycles. The summed E-state index contributed by atoms with van der Waals surface area (Å²) in [5.41, 5.74) is 3.36. The number of nitrogens with zero attached hydrogens (tertiary/aromatic N) is 6. The van der Waals surface area contributed by atoms with Crippen molar-refractivity contribution in [3.8, 4) is 11.3 Å². The van der Waals surface area contributed by atoms with Crippen molar-refractivity contribution in [1.29, 1.82) is 0 Å². The van der Waals surface area contributed by atoms with Gasteiger partial charge in [0.2, 0.25) is 5.71 Å². The highest BCUT2D eigenvalue weighted by Gasteiger charge is 2.18. The molecule has 1 saturated heterocycles. The topological polar surface area (TPSA) is 79.8 Å². The standard InChI is InChI=1S/C22H24N6O2/c1-4-26-7-9-27(10-8-26)19-6-5-16-11-17(22(29)30-21(16)25-19)18-13-28-12-14(2)23-15(3)20(28)24-18/h5-6,11-13H,4,7-10H2,1-3H3. The van der Waals surface area contributed by atoms with Crippen LogP contribution in [0.2, 0.25) is 0 Å². The van der Waals surface area contributed by atoms with Crippen molar-refractivity contribution < 1.29 is 4.42 Å². The predicted molar refractivity (Wildman–Crippen MR) is 116 cm³/mol. The zero-order chi connectivity index (χ0) is 20.8. The zero-order valence-corrected chi connectivity index (χ0v) is 17.4. The maximum absolute atomic E-state index is 12.7. The molecule has 0 bridgehead atoms. The van der Waals surface area contributed by atoms with Crippen LogP contribution in [-0.4, -0.2) is 57.0 Å². The highest BCUT2D eigenvalue weighted by atomic mass is 16.4. The molecule has 0 atom stereocenters. The van der Waals surface area contributed by atoms with Gasteiger partial charge in [-0.3, -0.25) is 4.98 Å². The molecule has 0 saturated carbocycles. The second-order valence-corrected chi connectivity index (χ2v) is 7.76. The maximum atomic E-state index is 12.7. The molecule has 1 aliphatic rings. The van der Waals surface area contributed by atoms with Gasteiger partial charge in [0.15, 0.2) is 5.65 Å². The van der Waals surface area contributed by atoms with Crippen molar-refractivity contribution in [2.75, 3.05) is 37.6 Å². The number of rotatable bonds is 3. The van der Waals surface area contributed by atoms with Crippen LogP contribution < -0.4 is 10.5 Å². The van der Waals surface area contributed by atoms with Crippen LogP contribution in [-0.2, 0) is 0 Å². The normalized spacial score (nSPS) is 15.4. The lowest BCUT2D eigenvalue weighted by Crippen LogP contribution is -2.46. The number of hydrogen-bond donors (Lipinski definition) is 0. The number of anilines is 1. The fourth-order valence-corrected chi connectivity index (χ4v) is 4.07. The summed E-state index contributed by atoms with van der Waals surface area (Å²) in [6.07, 6.45) is 3.73. The Morgan fingerprint density at radius 2 is 1.83 bits per heavy atom.